The van der Waals surface area contributed by atoms with Crippen molar-refractivity contribution in [2.45, 2.75) is 10.6 Å². The highest BCUT2D eigenvalue weighted by Gasteiger charge is 2.05. The number of benzene rings is 2. The number of aliphatic carboxylic acids is 1. The third kappa shape index (κ3) is 4.72. The molecule has 1 N–H and O–H groups in total. The van der Waals surface area contributed by atoms with Crippen molar-refractivity contribution in [2.75, 3.05) is 0 Å². The summed E-state index contributed by atoms with van der Waals surface area (Å²) in [6.07, 6.45) is 2.54. The van der Waals surface area contributed by atoms with Crippen molar-refractivity contribution < 1.29 is 18.7 Å². The minimum absolute atomic E-state index is 0.251. The average molecular weight is 306 g/mol. The lowest BCUT2D eigenvalue weighted by Gasteiger charge is -2.04. The molecule has 0 saturated carbocycles. The Kier molecular flexibility index (Phi) is 5.11. The summed E-state index contributed by atoms with van der Waals surface area (Å²) in [4.78, 5) is 10.7. The Bertz CT molecular complexity index is 684. The summed E-state index contributed by atoms with van der Waals surface area (Å²) in [5.41, 5.74) is 1.64. The summed E-state index contributed by atoms with van der Waals surface area (Å²) in [5.74, 6) is -1.48. The van der Waals surface area contributed by atoms with Crippen LogP contribution in [0.15, 0.2) is 53.4 Å². The molecule has 0 amide bonds. The van der Waals surface area contributed by atoms with E-state index in [4.69, 9.17) is 5.11 Å². The van der Waals surface area contributed by atoms with Crippen LogP contribution in [0.5, 0.6) is 0 Å². The zero-order chi connectivity index (χ0) is 15.2. The first-order valence-electron chi connectivity index (χ1n) is 6.12. The fourth-order valence-electron chi connectivity index (χ4n) is 1.70. The van der Waals surface area contributed by atoms with E-state index in [2.05, 4.69) is 0 Å². The van der Waals surface area contributed by atoms with Gasteiger partial charge in [-0.3, -0.25) is 0 Å². The van der Waals surface area contributed by atoms with E-state index < -0.39 is 17.6 Å². The maximum Gasteiger partial charge on any atom is 0.328 e. The molecule has 2 aromatic carbocycles. The van der Waals surface area contributed by atoms with E-state index in [1.807, 2.05) is 12.1 Å². The van der Waals surface area contributed by atoms with Crippen molar-refractivity contribution in [1.82, 2.24) is 0 Å². The fourth-order valence-corrected chi connectivity index (χ4v) is 2.61. The predicted molar refractivity (Wildman–Crippen MR) is 79.0 cm³/mol. The van der Waals surface area contributed by atoms with Crippen LogP contribution in [0.3, 0.4) is 0 Å². The second kappa shape index (κ2) is 7.04. The van der Waals surface area contributed by atoms with Crippen molar-refractivity contribution in [3.05, 3.63) is 71.3 Å². The molecule has 0 unspecified atom stereocenters. The van der Waals surface area contributed by atoms with Crippen molar-refractivity contribution >= 4 is 23.8 Å². The van der Waals surface area contributed by atoms with Crippen molar-refractivity contribution in [1.29, 1.82) is 0 Å². The van der Waals surface area contributed by atoms with Gasteiger partial charge in [0.25, 0.3) is 0 Å². The van der Waals surface area contributed by atoms with Gasteiger partial charge in [0.1, 0.15) is 11.6 Å². The topological polar surface area (TPSA) is 37.3 Å². The van der Waals surface area contributed by atoms with E-state index in [0.717, 1.165) is 35.4 Å². The quantitative estimate of drug-likeness (QED) is 0.659. The molecule has 0 radical (unpaired) electrons. The highest BCUT2D eigenvalue weighted by Crippen LogP contribution is 2.26. The molecule has 0 atom stereocenters. The summed E-state index contributed by atoms with van der Waals surface area (Å²) in [7, 11) is 0. The third-order valence-electron chi connectivity index (χ3n) is 2.66. The molecule has 0 saturated heterocycles. The lowest BCUT2D eigenvalue weighted by Crippen LogP contribution is -1.88. The molecule has 108 valence electrons. The van der Waals surface area contributed by atoms with Crippen molar-refractivity contribution in [3.8, 4) is 0 Å². The van der Waals surface area contributed by atoms with Gasteiger partial charge in [-0.25, -0.2) is 13.6 Å². The third-order valence-corrected chi connectivity index (χ3v) is 3.76. The Hall–Kier alpha value is -2.14. The molecule has 5 heteroatoms. The van der Waals surface area contributed by atoms with E-state index in [-0.39, 0.29) is 4.90 Å². The van der Waals surface area contributed by atoms with E-state index in [1.165, 1.54) is 17.8 Å². The normalized spacial score (nSPS) is 11.0. The smallest absolute Gasteiger partial charge is 0.328 e. The number of hydrogen-bond donors (Lipinski definition) is 1. The van der Waals surface area contributed by atoms with Crippen LogP contribution in [-0.2, 0) is 10.5 Å². The molecule has 0 bridgehead atoms. The largest absolute Gasteiger partial charge is 0.478 e. The van der Waals surface area contributed by atoms with Crippen molar-refractivity contribution in [3.63, 3.8) is 0 Å². The summed E-state index contributed by atoms with van der Waals surface area (Å²) in [5, 5.41) is 8.58. The van der Waals surface area contributed by atoms with Gasteiger partial charge in [0, 0.05) is 16.7 Å². The monoisotopic (exact) mass is 306 g/mol. The number of rotatable bonds is 5. The summed E-state index contributed by atoms with van der Waals surface area (Å²) >= 11 is 1.19. The van der Waals surface area contributed by atoms with Gasteiger partial charge in [-0.1, -0.05) is 24.3 Å². The first kappa shape index (κ1) is 15.3. The summed E-state index contributed by atoms with van der Waals surface area (Å²) in [6.45, 7) is 0. The first-order chi connectivity index (χ1) is 10.0. The van der Waals surface area contributed by atoms with E-state index in [0.29, 0.717) is 5.75 Å². The zero-order valence-corrected chi connectivity index (χ0v) is 11.7. The zero-order valence-electron chi connectivity index (χ0n) is 10.9. The second-order valence-electron chi connectivity index (χ2n) is 4.28. The van der Waals surface area contributed by atoms with Gasteiger partial charge in [-0.2, -0.15) is 0 Å². The minimum atomic E-state index is -1.02. The fraction of sp³-hybridized carbons (Fsp3) is 0.0625. The number of carboxylic acids is 1. The van der Waals surface area contributed by atoms with E-state index in [1.54, 1.807) is 12.1 Å². The predicted octanol–water partition coefficient (Wildman–Crippen LogP) is 4.35. The van der Waals surface area contributed by atoms with Crippen LogP contribution in [0.1, 0.15) is 11.1 Å². The number of carbonyl (C=O) groups is 1. The molecule has 2 aromatic rings. The average Bonchev–Trinajstić information content (AvgIpc) is 2.46. The number of halogens is 2. The van der Waals surface area contributed by atoms with Gasteiger partial charge >= 0.3 is 5.97 Å². The second-order valence-corrected chi connectivity index (χ2v) is 5.30. The number of thioether (sulfide) groups is 1. The van der Waals surface area contributed by atoms with Gasteiger partial charge in [0.15, 0.2) is 0 Å². The molecule has 0 aliphatic carbocycles. The van der Waals surface area contributed by atoms with Gasteiger partial charge in [-0.15, -0.1) is 11.8 Å². The Morgan fingerprint density at radius 1 is 1.19 bits per heavy atom. The van der Waals surface area contributed by atoms with E-state index in [9.17, 15) is 13.6 Å². The Morgan fingerprint density at radius 2 is 2.00 bits per heavy atom. The van der Waals surface area contributed by atoms with Gasteiger partial charge in [0.05, 0.1) is 0 Å². The molecule has 0 aliphatic heterocycles. The lowest BCUT2D eigenvalue weighted by molar-refractivity contribution is -0.131. The Balaban J connectivity index is 2.08. The first-order valence-corrected chi connectivity index (χ1v) is 7.11. The Morgan fingerprint density at radius 3 is 2.76 bits per heavy atom. The number of hydrogen-bond acceptors (Lipinski definition) is 2. The molecule has 2 rings (SSSR count). The molecule has 0 spiro atoms. The molecule has 0 heterocycles. The van der Waals surface area contributed by atoms with Crippen LogP contribution in [0.25, 0.3) is 6.08 Å². The lowest BCUT2D eigenvalue weighted by atomic mass is 10.1. The van der Waals surface area contributed by atoms with Gasteiger partial charge < -0.3 is 5.11 Å². The molecule has 0 aliphatic rings. The minimum Gasteiger partial charge on any atom is -0.478 e. The summed E-state index contributed by atoms with van der Waals surface area (Å²) in [6, 6.07) is 10.6. The molecule has 0 aromatic heterocycles. The van der Waals surface area contributed by atoms with Crippen LogP contribution >= 0.6 is 11.8 Å². The van der Waals surface area contributed by atoms with Gasteiger partial charge in [-0.05, 0) is 35.4 Å². The Labute approximate surface area is 125 Å². The molecule has 2 nitrogen and oxygen atoms in total. The highest BCUT2D eigenvalue weighted by atomic mass is 32.2. The van der Waals surface area contributed by atoms with Crippen LogP contribution in [0, 0.1) is 11.6 Å². The maximum absolute atomic E-state index is 13.5. The SMILES string of the molecule is O=C(O)C=Cc1cccc(CSc2cc(F)ccc2F)c1. The molecular formula is C16H12F2O2S. The van der Waals surface area contributed by atoms with Gasteiger partial charge in [0.2, 0.25) is 0 Å². The van der Waals surface area contributed by atoms with Crippen LogP contribution in [0.2, 0.25) is 0 Å². The summed E-state index contributed by atoms with van der Waals surface area (Å²) < 4.78 is 26.6. The van der Waals surface area contributed by atoms with Crippen LogP contribution in [-0.4, -0.2) is 11.1 Å². The molecule has 21 heavy (non-hydrogen) atoms. The van der Waals surface area contributed by atoms with Crippen molar-refractivity contribution in [2.24, 2.45) is 0 Å². The highest BCUT2D eigenvalue weighted by molar-refractivity contribution is 7.98. The van der Waals surface area contributed by atoms with Crippen LogP contribution < -0.4 is 0 Å². The molecular weight excluding hydrogens is 294 g/mol. The van der Waals surface area contributed by atoms with Crippen LogP contribution in [0.4, 0.5) is 8.78 Å². The number of carboxylic acid groups (broad SMARTS) is 1. The molecule has 0 fully saturated rings. The maximum atomic E-state index is 13.5. The standard InChI is InChI=1S/C16H12F2O2S/c17-13-5-6-14(18)15(9-13)21-10-12-3-1-2-11(8-12)4-7-16(19)20/h1-9H,10H2,(H,19,20). The van der Waals surface area contributed by atoms with E-state index >= 15 is 0 Å².